The largest absolute Gasteiger partial charge is 0.394 e. The van der Waals surface area contributed by atoms with Crippen molar-refractivity contribution in [3.05, 3.63) is 0 Å². The monoisotopic (exact) mass is 2120 g/mol. The second-order valence-electron chi connectivity index (χ2n) is 38.4. The van der Waals surface area contributed by atoms with E-state index in [1.807, 2.05) is 0 Å². The highest BCUT2D eigenvalue weighted by atomic mass is 19.3. The number of carbonyl (C=O) groups excluding carboxylic acids is 2. The van der Waals surface area contributed by atoms with Gasteiger partial charge in [-0.25, -0.2) is 13.2 Å². The Bertz CT molecular complexity index is 3840. The molecule has 0 aromatic heterocycles. The zero-order chi connectivity index (χ0) is 107. The van der Waals surface area contributed by atoms with Gasteiger partial charge in [0, 0.05) is 76.8 Å². The van der Waals surface area contributed by atoms with Gasteiger partial charge in [-0.2, -0.15) is 0 Å². The first-order valence-electron chi connectivity index (χ1n) is 48.0. The summed E-state index contributed by atoms with van der Waals surface area (Å²) in [6.07, 6.45) is -64.3. The fourth-order valence-corrected chi connectivity index (χ4v) is 19.3. The Labute approximate surface area is 828 Å². The Morgan fingerprint density at radius 3 is 0.986 bits per heavy atom. The molecule has 61 nitrogen and oxygen atoms in total. The molecule has 9 saturated heterocycles. The van der Waals surface area contributed by atoms with E-state index in [-0.39, 0.29) is 90.6 Å². The van der Waals surface area contributed by atoms with Crippen LogP contribution in [0.1, 0.15) is 51.4 Å². The summed E-state index contributed by atoms with van der Waals surface area (Å²) < 4.78 is 147. The number of halogens is 3. The Hall–Kier alpha value is -3.55. The molecule has 848 valence electrons. The van der Waals surface area contributed by atoms with Crippen LogP contribution < -0.4 is 108 Å². The molecule has 58 atom stereocenters. The van der Waals surface area contributed by atoms with Gasteiger partial charge in [-0.3, -0.25) is 9.59 Å². The van der Waals surface area contributed by atoms with E-state index in [2.05, 4.69) is 10.6 Å². The maximum atomic E-state index is 14.0. The van der Waals surface area contributed by atoms with Crippen molar-refractivity contribution in [2.75, 3.05) is 78.8 Å². The summed E-state index contributed by atoms with van der Waals surface area (Å²) in [5, 5.41) is 235. The van der Waals surface area contributed by atoms with E-state index in [4.69, 9.17) is 183 Å². The van der Waals surface area contributed by atoms with Crippen molar-refractivity contribution in [3.63, 3.8) is 0 Å². The lowest BCUT2D eigenvalue weighted by Crippen LogP contribution is -2.68. The number of aliphatic hydroxyl groups excluding tert-OH is 22. The zero-order valence-electron chi connectivity index (χ0n) is 79.1. The molecule has 0 bridgehead atoms. The minimum Gasteiger partial charge on any atom is -0.394 e. The van der Waals surface area contributed by atoms with Crippen LogP contribution >= 0.6 is 0 Å². The van der Waals surface area contributed by atoms with Gasteiger partial charge < -0.3 is 306 Å². The van der Waals surface area contributed by atoms with E-state index in [0.29, 0.717) is 0 Å². The van der Waals surface area contributed by atoms with Crippen LogP contribution in [0.25, 0.3) is 0 Å². The molecule has 9 aliphatic heterocycles. The molecule has 12 aliphatic rings. The predicted octanol–water partition coefficient (Wildman–Crippen LogP) is -25.2. The lowest BCUT2D eigenvalue weighted by molar-refractivity contribution is -0.299. The van der Waals surface area contributed by atoms with Crippen LogP contribution in [0.5, 0.6) is 0 Å². The highest BCUT2D eigenvalue weighted by molar-refractivity contribution is 5.82. The van der Waals surface area contributed by atoms with Crippen molar-refractivity contribution in [1.82, 2.24) is 10.6 Å². The van der Waals surface area contributed by atoms with Gasteiger partial charge in [0.1, 0.15) is 165 Å². The average Bonchev–Trinajstić information content (AvgIpc) is 1.34. The molecular formula is C81H156F3N19O42. The number of carbonyl (C=O) groups is 2. The Morgan fingerprint density at radius 1 is 0.331 bits per heavy atom. The van der Waals surface area contributed by atoms with Gasteiger partial charge in [-0.15, -0.1) is 0 Å². The predicted molar refractivity (Wildman–Crippen MR) is 477 cm³/mol. The quantitative estimate of drug-likeness (QED) is 0.0272. The minimum atomic E-state index is -4.01. The number of rotatable bonds is 39. The molecule has 2 unspecified atom stereocenters. The van der Waals surface area contributed by atoms with Crippen LogP contribution in [-0.4, -0.2) is 558 Å². The molecule has 2 amide bonds. The molecule has 12 rings (SSSR count). The maximum absolute atomic E-state index is 14.0. The molecule has 0 spiro atoms. The van der Waals surface area contributed by atoms with E-state index in [9.17, 15) is 135 Å². The van der Waals surface area contributed by atoms with Crippen LogP contribution in [0.3, 0.4) is 0 Å². The second kappa shape index (κ2) is 55.2. The fraction of sp³-hybridized carbons (Fsp3) is 0.975. The summed E-state index contributed by atoms with van der Waals surface area (Å²) in [5.74, 6) is -7.33. The average molecular weight is 2130 g/mol. The summed E-state index contributed by atoms with van der Waals surface area (Å²) >= 11 is 0. The maximum Gasteiger partial charge on any atom is 0.294 e. The number of aliphatic hydroxyl groups is 22. The Balaban J connectivity index is 0.000000223. The molecule has 0 aromatic carbocycles. The van der Waals surface area contributed by atoms with Crippen molar-refractivity contribution in [1.29, 1.82) is 0 Å². The molecule has 0 aromatic rings. The first-order valence-corrected chi connectivity index (χ1v) is 48.0. The summed E-state index contributed by atoms with van der Waals surface area (Å²) in [6.45, 7) is -5.25. The van der Waals surface area contributed by atoms with Gasteiger partial charge in [-0.05, 0) is 44.4 Å². The fourth-order valence-electron chi connectivity index (χ4n) is 19.3. The SMILES string of the molecule is NC[C@@H]1C[C@H](O)[C@@H](N)[C@@H](O[C@H]2[C@H](O[C@@H]3O[C@H](CO)[C@@H](O[C@H]4O[C@@H](CN)[C@@H](O)[C@H](O)[C@H]4N)[C@H]3O)[C@@H](O)[C@H](NC(=O)C(O)[C@@H](F)CN)C[C@@H]2N)O1.NC[C@@H]1C[C@H](O)[C@@H](N)[C@@H](O[C@H]2[C@H](O[C@@H]3O[C@H](CO)[C@@H](O[C@H]4O[C@@H](CN)[C@@H](O)[C@H](O)[C@H]4N)[C@H]3O)[C@@H](O)[C@H](NC(=O)[C@@H](O)C(F)(F)CN)C[C@@H]2N)O1.NC[C@@H]1O[C@H](O[C@H]2[C@@H](O)[C@H](O[C@@H]3[C@@H](O)[C@H](CCC(O)CO)C[C@H](N)[C@H]3O[C@H]3O[C@H](CN)[C@@H](O)C[C@H]3N)O[C@@H]2CO)[C@H](N)[C@@H](O)[C@@H]1O. The highest BCUT2D eigenvalue weighted by Crippen LogP contribution is 2.42. The minimum absolute atomic E-state index is 0.00922. The van der Waals surface area contributed by atoms with Crippen molar-refractivity contribution in [2.24, 2.45) is 103 Å². The molecule has 0 radical (unpaired) electrons. The summed E-state index contributed by atoms with van der Waals surface area (Å²) in [4.78, 5) is 25.2. The molecule has 58 N–H and O–H groups in total. The molecule has 3 saturated carbocycles. The van der Waals surface area contributed by atoms with Crippen molar-refractivity contribution in [3.8, 4) is 0 Å². The first kappa shape index (κ1) is 123. The number of ether oxygens (including phenoxy) is 18. The van der Waals surface area contributed by atoms with Crippen LogP contribution in [0.2, 0.25) is 0 Å². The number of hydrogen-bond donors (Lipinski definition) is 41. The molecule has 12 fully saturated rings. The number of alkyl halides is 3. The molecule has 9 heterocycles. The van der Waals surface area contributed by atoms with Crippen molar-refractivity contribution >= 4 is 11.8 Å². The topological polar surface area (TPSA) is 1110 Å². The third kappa shape index (κ3) is 29.0. The third-order valence-corrected chi connectivity index (χ3v) is 28.2. The van der Waals surface area contributed by atoms with Gasteiger partial charge in [0.2, 0.25) is 0 Å². The van der Waals surface area contributed by atoms with Crippen molar-refractivity contribution in [2.45, 2.75) is 406 Å². The summed E-state index contributed by atoms with van der Waals surface area (Å²) in [7, 11) is 0. The van der Waals surface area contributed by atoms with Gasteiger partial charge in [-0.1, -0.05) is 0 Å². The molecule has 145 heavy (non-hydrogen) atoms. The number of nitrogens with one attached hydrogen (secondary N) is 2. The van der Waals surface area contributed by atoms with E-state index >= 15 is 0 Å². The lowest BCUT2D eigenvalue weighted by atomic mass is 9.77. The Kier molecular flexibility index (Phi) is 46.9. The van der Waals surface area contributed by atoms with Crippen molar-refractivity contribution < 1.29 is 220 Å². The van der Waals surface area contributed by atoms with Gasteiger partial charge in [0.15, 0.2) is 68.8 Å². The number of hydrogen-bond acceptors (Lipinski definition) is 59. The molecular weight excluding hydrogens is 1970 g/mol. The van der Waals surface area contributed by atoms with Crippen LogP contribution in [0.15, 0.2) is 0 Å². The van der Waals surface area contributed by atoms with E-state index < -0.39 is 412 Å². The van der Waals surface area contributed by atoms with Crippen LogP contribution in [0, 0.1) is 5.92 Å². The van der Waals surface area contributed by atoms with Crippen LogP contribution in [-0.2, 0) is 94.9 Å². The van der Waals surface area contributed by atoms with Gasteiger partial charge >= 0.3 is 0 Å². The van der Waals surface area contributed by atoms with E-state index in [1.165, 1.54) is 0 Å². The zero-order valence-corrected chi connectivity index (χ0v) is 79.1. The smallest absolute Gasteiger partial charge is 0.294 e. The van der Waals surface area contributed by atoms with E-state index in [0.717, 1.165) is 0 Å². The lowest BCUT2D eigenvalue weighted by Gasteiger charge is -2.47. The Morgan fingerprint density at radius 2 is 0.648 bits per heavy atom. The second-order valence-corrected chi connectivity index (χ2v) is 38.4. The van der Waals surface area contributed by atoms with Crippen LogP contribution in [0.4, 0.5) is 13.2 Å². The van der Waals surface area contributed by atoms with E-state index in [1.54, 1.807) is 0 Å². The normalized spacial score (nSPS) is 47.7. The molecule has 64 heteroatoms. The standard InChI is InChI=1S/C27H51F2N7O14.C27H52FN7O14.C27H53N5O14/c28-27(29,6-32)22(43)23(44)36-9-2-8(33)19(48-24-13(34)10(38)1-7(3-30)45-24)21(15(9)39)50-26-18(42)20(12(5-37)47-26)49-25-14(35)17(41)16(40)11(4-31)46-25;28-8(4-30)16(38)24(43)35-10-2-9(32)21(47-25-14(33)11(37)1-7(3-29)44-25)23(17(10)39)49-27-20(42)22(13(6-36)46-27)48-26-15(34)19(41)18(40)12(5-31)45-26;28-5-14-13(36)4-12(31)25(41-14)44-22-11(30)3-9(1-2-10(35)7-33)18(37)24(22)46-27-21(40)23(16(8-34)43-27)45-26-17(32)20(39)19(38)15(6-29)42-26/h7-22,24-26,37-43H,1-6,30-35H2,(H,36,44);7-23,25-27,36-42H,1-6,29-34H2,(H,35,43);9-27,33-40H,1-8,28-32H2/t7-,8-,9+,10-,11-,12+,13+,14+,15-,16+,17+,18+,19+,20+,21+,22+,24+,25+,26-;7-,8-,9-,10+,11-,12-,13+,14+,15+,16?,17-,18+,19+,20+,21+,22+,23+,25+,26+,27-;9-,10?,11+,12-,13+,14-,15+,16-,17-,18+,19-,20-,21-,22-,23-,24-,25-,26-,27+/m001/s1. The van der Waals surface area contributed by atoms with Gasteiger partial charge in [0.25, 0.3) is 17.7 Å². The highest BCUT2D eigenvalue weighted by Gasteiger charge is 2.61. The number of amides is 2. The number of nitrogens with two attached hydrogens (primary N) is 17. The first-order chi connectivity index (χ1) is 68.5. The summed E-state index contributed by atoms with van der Waals surface area (Å²) in [5.41, 5.74) is 100. The third-order valence-electron chi connectivity index (χ3n) is 28.2. The van der Waals surface area contributed by atoms with Gasteiger partial charge in [0.05, 0.1) is 130 Å². The summed E-state index contributed by atoms with van der Waals surface area (Å²) in [6, 6.07) is -12.7. The molecule has 3 aliphatic carbocycles.